The number of anilines is 1. The summed E-state index contributed by atoms with van der Waals surface area (Å²) in [6.07, 6.45) is 2.92. The Bertz CT molecular complexity index is 540. The number of hydrogen-bond acceptors (Lipinski definition) is 4. The third kappa shape index (κ3) is 3.67. The second-order valence-corrected chi connectivity index (χ2v) is 6.98. The lowest BCUT2D eigenvalue weighted by atomic mass is 10.3. The molecule has 1 saturated heterocycles. The zero-order chi connectivity index (χ0) is 13.9. The first-order valence-corrected chi connectivity index (χ1v) is 8.14. The molecule has 6 heteroatoms. The van der Waals surface area contributed by atoms with Gasteiger partial charge in [-0.3, -0.25) is 0 Å². The summed E-state index contributed by atoms with van der Waals surface area (Å²) < 4.78 is 37.3. The number of nitrogens with two attached hydrogens (primary N) is 1. The maximum atomic E-state index is 13.1. The van der Waals surface area contributed by atoms with Crippen molar-refractivity contribution in [3.63, 3.8) is 0 Å². The molecule has 0 radical (unpaired) electrons. The van der Waals surface area contributed by atoms with Crippen LogP contribution in [0.3, 0.4) is 0 Å². The van der Waals surface area contributed by atoms with Gasteiger partial charge in [-0.05, 0) is 57.1 Å². The summed E-state index contributed by atoms with van der Waals surface area (Å²) in [4.78, 5) is 2.17. The van der Waals surface area contributed by atoms with Gasteiger partial charge in [0.2, 0.25) is 0 Å². The average molecular weight is 286 g/mol. The number of halogens is 1. The van der Waals surface area contributed by atoms with Crippen molar-refractivity contribution < 1.29 is 12.8 Å². The Morgan fingerprint density at radius 2 is 1.95 bits per heavy atom. The minimum absolute atomic E-state index is 0.0111. The Labute approximate surface area is 113 Å². The van der Waals surface area contributed by atoms with Crippen LogP contribution in [0.25, 0.3) is 0 Å². The van der Waals surface area contributed by atoms with E-state index in [-0.39, 0.29) is 16.3 Å². The van der Waals surface area contributed by atoms with Crippen LogP contribution >= 0.6 is 0 Å². The van der Waals surface area contributed by atoms with Crippen LogP contribution in [0, 0.1) is 5.82 Å². The van der Waals surface area contributed by atoms with Gasteiger partial charge in [0.15, 0.2) is 9.84 Å². The van der Waals surface area contributed by atoms with Gasteiger partial charge in [0, 0.05) is 0 Å². The summed E-state index contributed by atoms with van der Waals surface area (Å²) in [5.41, 5.74) is 5.73. The van der Waals surface area contributed by atoms with E-state index in [0.29, 0.717) is 6.42 Å². The summed E-state index contributed by atoms with van der Waals surface area (Å²) in [6.45, 7) is 2.86. The highest BCUT2D eigenvalue weighted by Crippen LogP contribution is 2.21. The molecule has 1 heterocycles. The fourth-order valence-corrected chi connectivity index (χ4v) is 3.82. The molecule has 1 aromatic carbocycles. The normalized spacial score (nSPS) is 16.9. The molecular weight excluding hydrogens is 267 g/mol. The van der Waals surface area contributed by atoms with Crippen molar-refractivity contribution in [2.24, 2.45) is 0 Å². The molecular formula is C13H19FN2O2S. The van der Waals surface area contributed by atoms with E-state index >= 15 is 0 Å². The number of benzene rings is 1. The van der Waals surface area contributed by atoms with Gasteiger partial charge in [0.05, 0.1) is 16.3 Å². The fourth-order valence-electron chi connectivity index (χ4n) is 2.37. The molecule has 0 amide bonds. The van der Waals surface area contributed by atoms with Gasteiger partial charge in [-0.1, -0.05) is 0 Å². The first-order valence-electron chi connectivity index (χ1n) is 6.49. The molecule has 1 aliphatic heterocycles. The lowest BCUT2D eigenvalue weighted by Crippen LogP contribution is -2.23. The number of nitrogens with zero attached hydrogens (tertiary/aromatic N) is 1. The third-order valence-corrected chi connectivity index (χ3v) is 5.25. The molecule has 0 aliphatic carbocycles. The van der Waals surface area contributed by atoms with Gasteiger partial charge in [-0.25, -0.2) is 12.8 Å². The summed E-state index contributed by atoms with van der Waals surface area (Å²) in [5, 5.41) is 0. The molecule has 19 heavy (non-hydrogen) atoms. The standard InChI is InChI=1S/C13H19FN2O2S/c14-11-4-5-12(15)13(10-11)19(17,18)9-3-8-16-6-1-2-7-16/h4-5,10H,1-3,6-9,15H2. The first-order chi connectivity index (χ1) is 8.99. The highest BCUT2D eigenvalue weighted by atomic mass is 32.2. The van der Waals surface area contributed by atoms with E-state index in [1.165, 1.54) is 25.0 Å². The SMILES string of the molecule is Nc1ccc(F)cc1S(=O)(=O)CCCN1CCCC1. The van der Waals surface area contributed by atoms with Crippen LogP contribution in [0.15, 0.2) is 23.1 Å². The largest absolute Gasteiger partial charge is 0.398 e. The van der Waals surface area contributed by atoms with Crippen LogP contribution in [0.4, 0.5) is 10.1 Å². The Morgan fingerprint density at radius 1 is 1.26 bits per heavy atom. The summed E-state index contributed by atoms with van der Waals surface area (Å²) in [7, 11) is -3.50. The lowest BCUT2D eigenvalue weighted by molar-refractivity contribution is 0.340. The number of likely N-dealkylation sites (tertiary alicyclic amines) is 1. The Kier molecular flexibility index (Phi) is 4.42. The summed E-state index contributed by atoms with van der Waals surface area (Å²) in [6, 6.07) is 3.46. The molecule has 0 unspecified atom stereocenters. The van der Waals surface area contributed by atoms with Crippen LogP contribution in [-0.2, 0) is 9.84 Å². The highest BCUT2D eigenvalue weighted by Gasteiger charge is 2.19. The molecule has 1 aliphatic rings. The fraction of sp³-hybridized carbons (Fsp3) is 0.538. The van der Waals surface area contributed by atoms with Gasteiger partial charge in [0.1, 0.15) is 5.82 Å². The van der Waals surface area contributed by atoms with Crippen LogP contribution in [0.5, 0.6) is 0 Å². The van der Waals surface area contributed by atoms with E-state index in [1.807, 2.05) is 0 Å². The van der Waals surface area contributed by atoms with E-state index < -0.39 is 15.7 Å². The molecule has 0 aromatic heterocycles. The lowest BCUT2D eigenvalue weighted by Gasteiger charge is -2.14. The minimum atomic E-state index is -3.50. The van der Waals surface area contributed by atoms with Crippen molar-refractivity contribution in [2.75, 3.05) is 31.1 Å². The van der Waals surface area contributed by atoms with Crippen molar-refractivity contribution in [2.45, 2.75) is 24.2 Å². The van der Waals surface area contributed by atoms with Crippen LogP contribution in [0.2, 0.25) is 0 Å². The molecule has 1 fully saturated rings. The van der Waals surface area contributed by atoms with Crippen molar-refractivity contribution in [3.8, 4) is 0 Å². The smallest absolute Gasteiger partial charge is 0.180 e. The number of sulfone groups is 1. The van der Waals surface area contributed by atoms with Gasteiger partial charge in [-0.15, -0.1) is 0 Å². The molecule has 0 atom stereocenters. The van der Waals surface area contributed by atoms with E-state index in [1.54, 1.807) is 0 Å². The van der Waals surface area contributed by atoms with Gasteiger partial charge >= 0.3 is 0 Å². The van der Waals surface area contributed by atoms with E-state index in [0.717, 1.165) is 25.7 Å². The average Bonchev–Trinajstić information content (AvgIpc) is 2.85. The van der Waals surface area contributed by atoms with E-state index in [2.05, 4.69) is 4.90 Å². The second-order valence-electron chi connectivity index (χ2n) is 4.90. The quantitative estimate of drug-likeness (QED) is 0.836. The predicted molar refractivity (Wildman–Crippen MR) is 73.2 cm³/mol. The monoisotopic (exact) mass is 286 g/mol. The molecule has 2 N–H and O–H groups in total. The Morgan fingerprint density at radius 3 is 2.63 bits per heavy atom. The topological polar surface area (TPSA) is 63.4 Å². The summed E-state index contributed by atoms with van der Waals surface area (Å²) >= 11 is 0. The van der Waals surface area contributed by atoms with Gasteiger partial charge in [0.25, 0.3) is 0 Å². The van der Waals surface area contributed by atoms with Crippen molar-refractivity contribution >= 4 is 15.5 Å². The molecule has 106 valence electrons. The highest BCUT2D eigenvalue weighted by molar-refractivity contribution is 7.91. The molecule has 4 nitrogen and oxygen atoms in total. The molecule has 1 aromatic rings. The van der Waals surface area contributed by atoms with E-state index in [9.17, 15) is 12.8 Å². The predicted octanol–water partition coefficient (Wildman–Crippen LogP) is 1.67. The maximum absolute atomic E-state index is 13.1. The van der Waals surface area contributed by atoms with Gasteiger partial charge in [-0.2, -0.15) is 0 Å². The summed E-state index contributed by atoms with van der Waals surface area (Å²) in [5.74, 6) is -0.565. The van der Waals surface area contributed by atoms with Crippen molar-refractivity contribution in [1.29, 1.82) is 0 Å². The zero-order valence-corrected chi connectivity index (χ0v) is 11.6. The van der Waals surface area contributed by atoms with Crippen molar-refractivity contribution in [3.05, 3.63) is 24.0 Å². The van der Waals surface area contributed by atoms with Crippen LogP contribution < -0.4 is 5.73 Å². The van der Waals surface area contributed by atoms with Crippen LogP contribution in [0.1, 0.15) is 19.3 Å². The van der Waals surface area contributed by atoms with E-state index in [4.69, 9.17) is 5.73 Å². The maximum Gasteiger partial charge on any atom is 0.180 e. The third-order valence-electron chi connectivity index (χ3n) is 3.40. The number of hydrogen-bond donors (Lipinski definition) is 1. The number of rotatable bonds is 5. The Hall–Kier alpha value is -1.14. The Balaban J connectivity index is 1.99. The first kappa shape index (κ1) is 14.3. The molecule has 0 spiro atoms. The number of nitrogen functional groups attached to an aromatic ring is 1. The van der Waals surface area contributed by atoms with Crippen molar-refractivity contribution in [1.82, 2.24) is 4.90 Å². The molecule has 0 bridgehead atoms. The van der Waals surface area contributed by atoms with Crippen LogP contribution in [-0.4, -0.2) is 38.7 Å². The van der Waals surface area contributed by atoms with Gasteiger partial charge < -0.3 is 10.6 Å². The molecule has 2 rings (SSSR count). The second kappa shape index (κ2) is 5.88. The molecule has 0 saturated carbocycles. The zero-order valence-electron chi connectivity index (χ0n) is 10.8. The minimum Gasteiger partial charge on any atom is -0.398 e.